The third-order valence-electron chi connectivity index (χ3n) is 6.01. The Bertz CT molecular complexity index is 1410. The smallest absolute Gasteiger partial charge is 0.338 e. The van der Waals surface area contributed by atoms with Crippen LogP contribution in [0.1, 0.15) is 35.2 Å². The van der Waals surface area contributed by atoms with E-state index in [1.165, 1.54) is 11.9 Å². The van der Waals surface area contributed by atoms with Crippen molar-refractivity contribution in [3.8, 4) is 5.75 Å². The molecular formula is C28H25BrN4O3. The number of esters is 1. The normalized spacial score (nSPS) is 14.7. The number of carbonyl (C=O) groups is 1. The summed E-state index contributed by atoms with van der Waals surface area (Å²) in [5.41, 5.74) is 5.03. The number of aryl methyl sites for hydroxylation is 1. The predicted molar refractivity (Wildman–Crippen MR) is 140 cm³/mol. The molecule has 5 rings (SSSR count). The lowest BCUT2D eigenvalue weighted by molar-refractivity contribution is -0.140. The van der Waals surface area contributed by atoms with Crippen molar-refractivity contribution in [2.24, 2.45) is 0 Å². The topological polar surface area (TPSA) is 78.3 Å². The van der Waals surface area contributed by atoms with Crippen LogP contribution >= 0.6 is 15.9 Å². The van der Waals surface area contributed by atoms with Crippen molar-refractivity contribution in [2.75, 3.05) is 5.32 Å². The number of ether oxygens (including phenoxy) is 2. The molecule has 7 nitrogen and oxygen atoms in total. The molecule has 182 valence electrons. The zero-order valence-corrected chi connectivity index (χ0v) is 21.5. The third kappa shape index (κ3) is 5.04. The number of hydrogen-bond donors (Lipinski definition) is 1. The Morgan fingerprint density at radius 2 is 1.75 bits per heavy atom. The van der Waals surface area contributed by atoms with E-state index in [9.17, 15) is 4.79 Å². The highest BCUT2D eigenvalue weighted by Gasteiger charge is 2.36. The Morgan fingerprint density at radius 3 is 2.53 bits per heavy atom. The number of nitrogens with one attached hydrogen (secondary N) is 1. The fraction of sp³-hybridized carbons (Fsp3) is 0.179. The minimum Gasteiger partial charge on any atom is -0.489 e. The highest BCUT2D eigenvalue weighted by molar-refractivity contribution is 9.10. The molecule has 2 heterocycles. The average Bonchev–Trinajstić information content (AvgIpc) is 3.35. The molecule has 8 heteroatoms. The van der Waals surface area contributed by atoms with Gasteiger partial charge in [0.2, 0.25) is 5.95 Å². The summed E-state index contributed by atoms with van der Waals surface area (Å²) < 4.78 is 14.6. The van der Waals surface area contributed by atoms with E-state index in [1.807, 2.05) is 67.6 Å². The molecule has 0 saturated heterocycles. The van der Waals surface area contributed by atoms with Crippen LogP contribution in [0.25, 0.3) is 0 Å². The van der Waals surface area contributed by atoms with Gasteiger partial charge in [-0.3, -0.25) is 0 Å². The van der Waals surface area contributed by atoms with E-state index in [0.29, 0.717) is 29.6 Å². The molecule has 3 aromatic carbocycles. The Balaban J connectivity index is 1.49. The largest absolute Gasteiger partial charge is 0.489 e. The first kappa shape index (κ1) is 23.8. The van der Waals surface area contributed by atoms with Crippen LogP contribution in [0.2, 0.25) is 0 Å². The molecule has 1 aromatic heterocycles. The van der Waals surface area contributed by atoms with Gasteiger partial charge in [-0.05, 0) is 43.2 Å². The number of nitrogens with zero attached hydrogens (tertiary/aromatic N) is 3. The average molecular weight is 545 g/mol. The molecule has 0 fully saturated rings. The van der Waals surface area contributed by atoms with Gasteiger partial charge in [0.15, 0.2) is 0 Å². The van der Waals surface area contributed by atoms with Gasteiger partial charge < -0.3 is 14.8 Å². The van der Waals surface area contributed by atoms with Crippen molar-refractivity contribution in [3.63, 3.8) is 0 Å². The lowest BCUT2D eigenvalue weighted by Crippen LogP contribution is -2.30. The van der Waals surface area contributed by atoms with Crippen LogP contribution < -0.4 is 10.1 Å². The van der Waals surface area contributed by atoms with Gasteiger partial charge in [0.05, 0.1) is 5.57 Å². The highest BCUT2D eigenvalue weighted by atomic mass is 79.9. The fourth-order valence-electron chi connectivity index (χ4n) is 4.15. The maximum atomic E-state index is 13.5. The number of anilines is 1. The molecule has 36 heavy (non-hydrogen) atoms. The van der Waals surface area contributed by atoms with Crippen molar-refractivity contribution < 1.29 is 14.3 Å². The first-order chi connectivity index (χ1) is 17.5. The molecule has 0 radical (unpaired) electrons. The van der Waals surface area contributed by atoms with Crippen LogP contribution in [0.4, 0.5) is 5.95 Å². The van der Waals surface area contributed by atoms with Crippen molar-refractivity contribution in [1.29, 1.82) is 0 Å². The maximum absolute atomic E-state index is 13.5. The summed E-state index contributed by atoms with van der Waals surface area (Å²) in [6.45, 7) is 4.45. The minimum atomic E-state index is -0.586. The number of hydrogen-bond acceptors (Lipinski definition) is 6. The van der Waals surface area contributed by atoms with Gasteiger partial charge in [0, 0.05) is 15.7 Å². The number of fused-ring (bicyclic) bond motifs is 1. The van der Waals surface area contributed by atoms with Crippen molar-refractivity contribution in [2.45, 2.75) is 33.1 Å². The van der Waals surface area contributed by atoms with Crippen LogP contribution in [0.3, 0.4) is 0 Å². The summed E-state index contributed by atoms with van der Waals surface area (Å²) >= 11 is 3.58. The second-order valence-corrected chi connectivity index (χ2v) is 9.53. The number of rotatable bonds is 7. The fourth-order valence-corrected chi connectivity index (χ4v) is 4.53. The van der Waals surface area contributed by atoms with Crippen LogP contribution in [-0.2, 0) is 22.7 Å². The number of benzene rings is 3. The van der Waals surface area contributed by atoms with Gasteiger partial charge in [-0.2, -0.15) is 10.1 Å². The lowest BCUT2D eigenvalue weighted by atomic mass is 9.95. The van der Waals surface area contributed by atoms with Gasteiger partial charge in [-0.1, -0.05) is 76.1 Å². The maximum Gasteiger partial charge on any atom is 0.338 e. The molecule has 0 aliphatic carbocycles. The zero-order chi connectivity index (χ0) is 25.1. The standard InChI is InChI=1S/C28H25BrN4O3/c1-18-8-10-21(11-9-18)15-35-24-13-12-22(29)14-23(24)26-25(19(2)32-28-30-17-31-33(26)28)27(34)36-16-20-6-4-3-5-7-20/h3-14,17,26H,15-16H2,1-2H3,(H,30,31,32). The zero-order valence-electron chi connectivity index (χ0n) is 19.9. The van der Waals surface area contributed by atoms with E-state index >= 15 is 0 Å². The molecule has 1 atom stereocenters. The Kier molecular flexibility index (Phi) is 6.86. The van der Waals surface area contributed by atoms with Crippen LogP contribution in [0.5, 0.6) is 5.75 Å². The summed E-state index contributed by atoms with van der Waals surface area (Å²) in [5, 5.41) is 7.61. The third-order valence-corrected chi connectivity index (χ3v) is 6.50. The van der Waals surface area contributed by atoms with E-state index in [-0.39, 0.29) is 6.61 Å². The van der Waals surface area contributed by atoms with Crippen LogP contribution in [0, 0.1) is 6.92 Å². The highest BCUT2D eigenvalue weighted by Crippen LogP contribution is 2.40. The van der Waals surface area contributed by atoms with Gasteiger partial charge >= 0.3 is 5.97 Å². The quantitative estimate of drug-likeness (QED) is 0.289. The number of halogens is 1. The Labute approximate surface area is 217 Å². The first-order valence-corrected chi connectivity index (χ1v) is 12.3. The summed E-state index contributed by atoms with van der Waals surface area (Å²) in [4.78, 5) is 17.8. The molecule has 1 N–H and O–H groups in total. The summed E-state index contributed by atoms with van der Waals surface area (Å²) in [6, 6.07) is 23.0. The van der Waals surface area contributed by atoms with E-state index in [4.69, 9.17) is 9.47 Å². The summed E-state index contributed by atoms with van der Waals surface area (Å²) in [5.74, 6) is 0.759. The molecule has 0 spiro atoms. The molecule has 4 aromatic rings. The monoisotopic (exact) mass is 544 g/mol. The van der Waals surface area contributed by atoms with E-state index in [0.717, 1.165) is 21.2 Å². The van der Waals surface area contributed by atoms with Gasteiger partial charge in [-0.15, -0.1) is 0 Å². The molecule has 1 aliphatic rings. The van der Waals surface area contributed by atoms with Crippen molar-refractivity contribution >= 4 is 27.8 Å². The second-order valence-electron chi connectivity index (χ2n) is 8.61. The van der Waals surface area contributed by atoms with Gasteiger partial charge in [0.1, 0.15) is 31.3 Å². The second kappa shape index (κ2) is 10.4. The van der Waals surface area contributed by atoms with Crippen LogP contribution in [-0.4, -0.2) is 20.7 Å². The van der Waals surface area contributed by atoms with Crippen molar-refractivity contribution in [1.82, 2.24) is 14.8 Å². The number of carbonyl (C=O) groups excluding carboxylic acids is 1. The molecule has 0 amide bonds. The molecule has 0 saturated carbocycles. The first-order valence-electron chi connectivity index (χ1n) is 11.6. The van der Waals surface area contributed by atoms with Crippen molar-refractivity contribution in [3.05, 3.63) is 117 Å². The van der Waals surface area contributed by atoms with Crippen LogP contribution in [0.15, 0.2) is 94.9 Å². The molecule has 1 unspecified atom stereocenters. The van der Waals surface area contributed by atoms with Gasteiger partial charge in [-0.25, -0.2) is 9.48 Å². The lowest BCUT2D eigenvalue weighted by Gasteiger charge is -2.29. The SMILES string of the molecule is CC1=C(C(=O)OCc2ccccc2)C(c2cc(Br)ccc2OCc2ccc(C)cc2)n2ncnc2N1. The number of aromatic nitrogens is 3. The Morgan fingerprint density at radius 1 is 1.00 bits per heavy atom. The van der Waals surface area contributed by atoms with E-state index in [2.05, 4.69) is 50.4 Å². The molecule has 0 bridgehead atoms. The predicted octanol–water partition coefficient (Wildman–Crippen LogP) is 5.96. The Hall–Kier alpha value is -3.91. The molecule has 1 aliphatic heterocycles. The summed E-state index contributed by atoms with van der Waals surface area (Å²) in [7, 11) is 0. The minimum absolute atomic E-state index is 0.169. The van der Waals surface area contributed by atoms with Gasteiger partial charge in [0.25, 0.3) is 0 Å². The molecular weight excluding hydrogens is 520 g/mol. The summed E-state index contributed by atoms with van der Waals surface area (Å²) in [6.07, 6.45) is 1.46. The van der Waals surface area contributed by atoms with E-state index in [1.54, 1.807) is 4.68 Å². The number of allylic oxidation sites excluding steroid dienone is 1. The van der Waals surface area contributed by atoms with E-state index < -0.39 is 12.0 Å².